The van der Waals surface area contributed by atoms with Crippen LogP contribution in [-0.4, -0.2) is 122 Å². The van der Waals surface area contributed by atoms with Gasteiger partial charge in [0, 0.05) is 69.4 Å². The fourth-order valence-electron chi connectivity index (χ4n) is 2.68. The van der Waals surface area contributed by atoms with Crippen molar-refractivity contribution < 1.29 is 42.6 Å². The summed E-state index contributed by atoms with van der Waals surface area (Å²) in [7, 11) is 15.0. The Hall–Kier alpha value is -0.360. The molecular formula is C25H62O9. The van der Waals surface area contributed by atoms with Crippen molar-refractivity contribution in [3.05, 3.63) is 0 Å². The first kappa shape index (κ1) is 46.9. The summed E-state index contributed by atoms with van der Waals surface area (Å²) < 4.78 is 45.2. The monoisotopic (exact) mass is 506 g/mol. The lowest BCUT2D eigenvalue weighted by Crippen LogP contribution is -2.37. The number of hydrogen-bond acceptors (Lipinski definition) is 9. The van der Waals surface area contributed by atoms with Gasteiger partial charge in [0.25, 0.3) is 0 Å². The highest BCUT2D eigenvalue weighted by atomic mass is 16.6. The Morgan fingerprint density at radius 1 is 0.529 bits per heavy atom. The van der Waals surface area contributed by atoms with Crippen LogP contribution >= 0.6 is 0 Å². The summed E-state index contributed by atoms with van der Waals surface area (Å²) in [6, 6.07) is 0. The zero-order valence-corrected chi connectivity index (χ0v) is 21.9. The smallest absolute Gasteiger partial charge is 0.111 e. The van der Waals surface area contributed by atoms with Crippen LogP contribution in [0.2, 0.25) is 0 Å². The fourth-order valence-corrected chi connectivity index (χ4v) is 2.68. The van der Waals surface area contributed by atoms with E-state index in [-0.39, 0.29) is 39.4 Å². The topological polar surface area (TPSA) is 83.1 Å². The van der Waals surface area contributed by atoms with Crippen molar-refractivity contribution in [3.8, 4) is 0 Å². The Morgan fingerprint density at radius 3 is 1.03 bits per heavy atom. The molecule has 0 saturated heterocycles. The molecule has 0 aromatic carbocycles. The molecule has 0 aliphatic rings. The normalized spacial score (nSPS) is 10.6. The van der Waals surface area contributed by atoms with Crippen LogP contribution in [0.15, 0.2) is 0 Å². The summed E-state index contributed by atoms with van der Waals surface area (Å²) >= 11 is 0. The van der Waals surface area contributed by atoms with Gasteiger partial charge < -0.3 is 42.6 Å². The highest BCUT2D eigenvalue weighted by Gasteiger charge is 2.28. The zero-order chi connectivity index (χ0) is 24.6. The fraction of sp³-hybridized carbons (Fsp3) is 1.00. The maximum atomic E-state index is 5.17. The Labute approximate surface area is 213 Å². The summed E-state index contributed by atoms with van der Waals surface area (Å²) in [6.07, 6.45) is 1.07. The van der Waals surface area contributed by atoms with Gasteiger partial charge in [-0.1, -0.05) is 29.2 Å². The predicted molar refractivity (Wildman–Crippen MR) is 142 cm³/mol. The van der Waals surface area contributed by atoms with Crippen LogP contribution in [0.1, 0.15) is 42.5 Å². The number of hydrogen-bond donors (Lipinski definition) is 0. The van der Waals surface area contributed by atoms with Gasteiger partial charge in [-0.25, -0.2) is 0 Å². The third-order valence-corrected chi connectivity index (χ3v) is 4.53. The second-order valence-electron chi connectivity index (χ2n) is 7.44. The molecule has 0 radical (unpaired) electrons. The van der Waals surface area contributed by atoms with Crippen molar-refractivity contribution in [3.63, 3.8) is 0 Å². The van der Waals surface area contributed by atoms with E-state index in [0.717, 1.165) is 6.42 Å². The second-order valence-corrected chi connectivity index (χ2v) is 7.44. The van der Waals surface area contributed by atoms with E-state index in [1.165, 1.54) is 0 Å². The molecule has 0 unspecified atom stereocenters. The number of ether oxygens (including phenoxy) is 9. The van der Waals surface area contributed by atoms with Crippen molar-refractivity contribution in [2.45, 2.75) is 54.3 Å². The molecule has 0 bridgehead atoms. The van der Waals surface area contributed by atoms with Gasteiger partial charge >= 0.3 is 0 Å². The molecule has 0 aromatic heterocycles. The van der Waals surface area contributed by atoms with E-state index in [9.17, 15) is 0 Å². The molecule has 0 heterocycles. The van der Waals surface area contributed by atoms with Crippen molar-refractivity contribution in [2.24, 2.45) is 5.41 Å². The Kier molecular flexibility index (Phi) is 45.0. The largest absolute Gasteiger partial charge is 0.384 e. The quantitative estimate of drug-likeness (QED) is 0.288. The van der Waals surface area contributed by atoms with Gasteiger partial charge in [-0.05, 0) is 13.3 Å². The summed E-state index contributed by atoms with van der Waals surface area (Å²) in [6.45, 7) is 8.40. The average Bonchev–Trinajstić information content (AvgIpc) is 2.75. The Balaban J connectivity index is -0.0000000836. The van der Waals surface area contributed by atoms with Crippen molar-refractivity contribution in [2.75, 3.05) is 110 Å². The summed E-state index contributed by atoms with van der Waals surface area (Å²) in [5.41, 5.74) is -0.276. The number of methoxy groups -OCH3 is 9. The molecule has 0 aromatic rings. The highest BCUT2D eigenvalue weighted by molar-refractivity contribution is 4.76. The van der Waals surface area contributed by atoms with Crippen LogP contribution < -0.4 is 0 Å². The highest BCUT2D eigenvalue weighted by Crippen LogP contribution is 2.22. The first-order valence-corrected chi connectivity index (χ1v) is 10.3. The van der Waals surface area contributed by atoms with E-state index >= 15 is 0 Å². The minimum Gasteiger partial charge on any atom is -0.384 e. The van der Waals surface area contributed by atoms with E-state index in [2.05, 4.69) is 6.92 Å². The van der Waals surface area contributed by atoms with Gasteiger partial charge in [0.1, 0.15) is 11.7 Å². The molecule has 0 spiro atoms. The van der Waals surface area contributed by atoms with Gasteiger partial charge in [-0.3, -0.25) is 0 Å². The molecule has 9 heteroatoms. The van der Waals surface area contributed by atoms with Crippen molar-refractivity contribution in [1.29, 1.82) is 0 Å². The predicted octanol–water partition coefficient (Wildman–Crippen LogP) is 4.21. The molecule has 0 fully saturated rings. The second kappa shape index (κ2) is 32.6. The van der Waals surface area contributed by atoms with E-state index in [1.807, 2.05) is 6.92 Å². The van der Waals surface area contributed by atoms with E-state index in [0.29, 0.717) is 46.2 Å². The summed E-state index contributed by atoms with van der Waals surface area (Å²) in [4.78, 5) is 0. The first-order chi connectivity index (χ1) is 14.8. The lowest BCUT2D eigenvalue weighted by Gasteiger charge is -2.30. The van der Waals surface area contributed by atoms with Gasteiger partial charge in [-0.2, -0.15) is 0 Å². The van der Waals surface area contributed by atoms with Crippen LogP contribution in [0.3, 0.4) is 0 Å². The Bertz CT molecular complexity index is 315. The molecule has 0 aliphatic carbocycles. The van der Waals surface area contributed by atoms with Crippen LogP contribution in [0.4, 0.5) is 0 Å². The molecule has 0 saturated carbocycles. The lowest BCUT2D eigenvalue weighted by molar-refractivity contribution is -0.0906. The minimum absolute atomic E-state index is 0. The van der Waals surface area contributed by atoms with Gasteiger partial charge in [0.05, 0.1) is 46.2 Å². The van der Waals surface area contributed by atoms with Gasteiger partial charge in [0.15, 0.2) is 0 Å². The summed E-state index contributed by atoms with van der Waals surface area (Å²) in [5, 5.41) is 0. The maximum Gasteiger partial charge on any atom is 0.111 e. The van der Waals surface area contributed by atoms with E-state index < -0.39 is 0 Å². The summed E-state index contributed by atoms with van der Waals surface area (Å²) in [5.74, 6) is 0. The van der Waals surface area contributed by atoms with Gasteiger partial charge in [-0.15, -0.1) is 0 Å². The molecule has 9 nitrogen and oxygen atoms in total. The van der Waals surface area contributed by atoms with Crippen LogP contribution in [0, 0.1) is 5.41 Å². The third kappa shape index (κ3) is 26.2. The van der Waals surface area contributed by atoms with Crippen molar-refractivity contribution >= 4 is 0 Å². The minimum atomic E-state index is -0.302. The van der Waals surface area contributed by atoms with Crippen LogP contribution in [-0.2, 0) is 42.6 Å². The number of rotatable bonds is 17. The SMILES string of the molecule is C.C.C.CCC(COC)(COC)COC.COCC(C)(COC)OC.COCC(COC)OC. The van der Waals surface area contributed by atoms with E-state index in [1.54, 1.807) is 64.0 Å². The third-order valence-electron chi connectivity index (χ3n) is 4.53. The molecule has 0 aliphatic heterocycles. The molecule has 0 atom stereocenters. The molecule has 0 N–H and O–H groups in total. The zero-order valence-electron chi connectivity index (χ0n) is 21.9. The molecule has 0 amide bonds. The average molecular weight is 507 g/mol. The van der Waals surface area contributed by atoms with Gasteiger partial charge in [0.2, 0.25) is 0 Å². The van der Waals surface area contributed by atoms with E-state index in [4.69, 9.17) is 42.6 Å². The molecule has 34 heavy (non-hydrogen) atoms. The molecule has 216 valence electrons. The van der Waals surface area contributed by atoms with Crippen molar-refractivity contribution in [1.82, 2.24) is 0 Å². The van der Waals surface area contributed by atoms with Crippen LogP contribution in [0.5, 0.6) is 0 Å². The first-order valence-electron chi connectivity index (χ1n) is 10.3. The molecule has 0 rings (SSSR count). The standard InChI is InChI=1S/C9H20O3.C7H16O3.C6H14O3.3CH4/c1-5-9(6-10-2,7-11-3)8-12-4;1-7(10-4,5-8-2)6-9-3;1-7-4-6(9-3)5-8-2;;;/h5-8H2,1-4H3;5-6H2,1-4H3;6H,4-5H2,1-3H3;3*1H4. The maximum absolute atomic E-state index is 5.17. The van der Waals surface area contributed by atoms with Crippen LogP contribution in [0.25, 0.3) is 0 Å². The lowest BCUT2D eigenvalue weighted by atomic mass is 9.88. The Morgan fingerprint density at radius 2 is 0.853 bits per heavy atom. The molecular weight excluding hydrogens is 444 g/mol.